The zero-order valence-electron chi connectivity index (χ0n) is 17.4. The number of nitrogens with one attached hydrogen (secondary N) is 1. The number of hydrogen-bond acceptors (Lipinski definition) is 5. The Morgan fingerprint density at radius 2 is 2.07 bits per heavy atom. The van der Waals surface area contributed by atoms with E-state index in [1.807, 2.05) is 22.4 Å². The average Bonchev–Trinajstić information content (AvgIpc) is 3.46. The van der Waals surface area contributed by atoms with Crippen LogP contribution in [0.2, 0.25) is 0 Å². The minimum absolute atomic E-state index is 0.0267. The molecule has 2 fully saturated rings. The minimum atomic E-state index is 0.0267. The molecule has 0 aromatic carbocycles. The summed E-state index contributed by atoms with van der Waals surface area (Å²) in [5.41, 5.74) is 1.86. The fraction of sp³-hybridized carbons (Fsp3) is 0.609. The van der Waals surface area contributed by atoms with Gasteiger partial charge in [-0.2, -0.15) is 0 Å². The third-order valence-corrected chi connectivity index (χ3v) is 7.92. The van der Waals surface area contributed by atoms with Crippen molar-refractivity contribution in [3.63, 3.8) is 0 Å². The van der Waals surface area contributed by atoms with E-state index in [2.05, 4.69) is 9.88 Å². The molecule has 3 aliphatic rings. The number of fused-ring (bicyclic) bond motifs is 1. The Balaban J connectivity index is 1.26. The number of carbonyl (C=O) groups excluding carboxylic acids is 1. The van der Waals surface area contributed by atoms with E-state index in [1.165, 1.54) is 32.1 Å². The van der Waals surface area contributed by atoms with E-state index < -0.39 is 0 Å². The summed E-state index contributed by atoms with van der Waals surface area (Å²) in [6.07, 6.45) is 8.68. The molecule has 0 bridgehead atoms. The predicted molar refractivity (Wildman–Crippen MR) is 118 cm³/mol. The Morgan fingerprint density at radius 1 is 1.20 bits per heavy atom. The highest BCUT2D eigenvalue weighted by Crippen LogP contribution is 2.29. The first-order valence-electron chi connectivity index (χ1n) is 11.3. The molecule has 6 nitrogen and oxygen atoms in total. The van der Waals surface area contributed by atoms with Gasteiger partial charge in [0, 0.05) is 49.4 Å². The minimum Gasteiger partial charge on any atom is -0.342 e. The highest BCUT2D eigenvalue weighted by molar-refractivity contribution is 7.10. The molecule has 1 amide bonds. The molecule has 1 atom stereocenters. The molecule has 0 spiro atoms. The lowest BCUT2D eigenvalue weighted by molar-refractivity contribution is -0.129. The second-order valence-electron chi connectivity index (χ2n) is 8.97. The van der Waals surface area contributed by atoms with E-state index in [-0.39, 0.29) is 17.4 Å². The number of aromatic nitrogens is 2. The van der Waals surface area contributed by atoms with Crippen LogP contribution < -0.4 is 5.56 Å². The fourth-order valence-corrected chi connectivity index (χ4v) is 6.00. The van der Waals surface area contributed by atoms with Crippen molar-refractivity contribution in [3.8, 4) is 0 Å². The van der Waals surface area contributed by atoms with Crippen LogP contribution in [0.5, 0.6) is 0 Å². The lowest BCUT2D eigenvalue weighted by atomic mass is 9.92. The maximum atomic E-state index is 12.9. The van der Waals surface area contributed by atoms with E-state index in [9.17, 15) is 9.59 Å². The summed E-state index contributed by atoms with van der Waals surface area (Å²) >= 11 is 1.62. The van der Waals surface area contributed by atoms with Crippen molar-refractivity contribution in [3.05, 3.63) is 49.8 Å². The molecule has 1 N–H and O–H groups in total. The lowest BCUT2D eigenvalue weighted by Gasteiger charge is -2.37. The van der Waals surface area contributed by atoms with Gasteiger partial charge in [-0.05, 0) is 30.7 Å². The van der Waals surface area contributed by atoms with Crippen LogP contribution >= 0.6 is 11.3 Å². The van der Waals surface area contributed by atoms with Crippen molar-refractivity contribution in [2.45, 2.75) is 69.9 Å². The van der Waals surface area contributed by atoms with Crippen LogP contribution in [-0.2, 0) is 24.2 Å². The normalized spacial score (nSPS) is 22.9. The summed E-state index contributed by atoms with van der Waals surface area (Å²) in [4.78, 5) is 39.0. The number of likely N-dealkylation sites (tertiary alicyclic amines) is 1. The first-order valence-corrected chi connectivity index (χ1v) is 12.2. The molecule has 160 valence electrons. The second-order valence-corrected chi connectivity index (χ2v) is 10.0. The molecule has 0 radical (unpaired) electrons. The smallest absolute Gasteiger partial charge is 0.255 e. The number of H-pyrrole nitrogens is 1. The molecule has 2 aliphatic heterocycles. The number of nitrogens with zero attached hydrogens (tertiary/aromatic N) is 3. The third-order valence-electron chi connectivity index (χ3n) is 7.04. The predicted octanol–water partition coefficient (Wildman–Crippen LogP) is 3.08. The second kappa shape index (κ2) is 8.63. The zero-order valence-corrected chi connectivity index (χ0v) is 18.3. The van der Waals surface area contributed by atoms with Gasteiger partial charge >= 0.3 is 0 Å². The number of amides is 1. The van der Waals surface area contributed by atoms with E-state index in [1.54, 1.807) is 11.3 Å². The summed E-state index contributed by atoms with van der Waals surface area (Å²) in [6.45, 7) is 3.13. The molecule has 0 unspecified atom stereocenters. The Morgan fingerprint density at radius 3 is 2.87 bits per heavy atom. The standard InChI is InChI=1S/C23H30N4O2S/c28-21(13-18-7-4-12-30-18)27-10-8-16(14-27)22-24-20-9-11-26(15-19(20)23(29)25-22)17-5-2-1-3-6-17/h4,7,12,16-17H,1-3,5-6,8-11,13-15H2,(H,24,25,29)/t16-/m1/s1. The van der Waals surface area contributed by atoms with Crippen LogP contribution in [0.25, 0.3) is 0 Å². The molecular formula is C23H30N4O2S. The topological polar surface area (TPSA) is 69.3 Å². The van der Waals surface area contributed by atoms with E-state index >= 15 is 0 Å². The van der Waals surface area contributed by atoms with Gasteiger partial charge in [0.2, 0.25) is 5.91 Å². The van der Waals surface area contributed by atoms with Gasteiger partial charge in [0.25, 0.3) is 5.56 Å². The van der Waals surface area contributed by atoms with Gasteiger partial charge in [-0.25, -0.2) is 4.98 Å². The van der Waals surface area contributed by atoms with Crippen molar-refractivity contribution in [1.82, 2.24) is 19.8 Å². The van der Waals surface area contributed by atoms with Crippen molar-refractivity contribution < 1.29 is 4.79 Å². The van der Waals surface area contributed by atoms with Gasteiger partial charge in [-0.3, -0.25) is 14.5 Å². The molecule has 30 heavy (non-hydrogen) atoms. The SMILES string of the molecule is O=C(Cc1cccs1)N1CC[C@@H](c2nc3c(c(=O)[nH]2)CN(C2CCCCC2)CC3)C1. The van der Waals surface area contributed by atoms with Gasteiger partial charge in [0.05, 0.1) is 17.7 Å². The van der Waals surface area contributed by atoms with Crippen molar-refractivity contribution in [2.24, 2.45) is 0 Å². The fourth-order valence-electron chi connectivity index (χ4n) is 5.30. The quantitative estimate of drug-likeness (QED) is 0.816. The summed E-state index contributed by atoms with van der Waals surface area (Å²) in [7, 11) is 0. The summed E-state index contributed by atoms with van der Waals surface area (Å²) in [6, 6.07) is 4.62. The molecule has 1 saturated heterocycles. The van der Waals surface area contributed by atoms with Crippen LogP contribution in [0.15, 0.2) is 22.3 Å². The van der Waals surface area contributed by atoms with Crippen molar-refractivity contribution in [1.29, 1.82) is 0 Å². The van der Waals surface area contributed by atoms with Crippen LogP contribution in [-0.4, -0.2) is 51.4 Å². The maximum absolute atomic E-state index is 12.9. The molecule has 4 heterocycles. The number of carbonyl (C=O) groups is 1. The number of thiophene rings is 1. The summed E-state index contributed by atoms with van der Waals surface area (Å²) in [5, 5.41) is 2.01. The highest BCUT2D eigenvalue weighted by Gasteiger charge is 2.32. The monoisotopic (exact) mass is 426 g/mol. The highest BCUT2D eigenvalue weighted by atomic mass is 32.1. The third kappa shape index (κ3) is 4.10. The number of hydrogen-bond donors (Lipinski definition) is 1. The largest absolute Gasteiger partial charge is 0.342 e. The van der Waals surface area contributed by atoms with E-state index in [4.69, 9.17) is 4.98 Å². The number of rotatable bonds is 4. The van der Waals surface area contributed by atoms with Gasteiger partial charge in [0.15, 0.2) is 0 Å². The molecule has 1 saturated carbocycles. The van der Waals surface area contributed by atoms with Crippen LogP contribution in [0.1, 0.15) is 66.4 Å². The Labute approximate surface area is 181 Å². The zero-order chi connectivity index (χ0) is 20.5. The Bertz CT molecular complexity index is 949. The summed E-state index contributed by atoms with van der Waals surface area (Å²) in [5.74, 6) is 1.08. The molecule has 1 aliphatic carbocycles. The summed E-state index contributed by atoms with van der Waals surface area (Å²) < 4.78 is 0. The first kappa shape index (κ1) is 19.9. The van der Waals surface area contributed by atoms with Crippen LogP contribution in [0, 0.1) is 0 Å². The molecule has 2 aromatic rings. The van der Waals surface area contributed by atoms with Crippen molar-refractivity contribution in [2.75, 3.05) is 19.6 Å². The molecule has 7 heteroatoms. The number of aromatic amines is 1. The lowest BCUT2D eigenvalue weighted by Crippen LogP contribution is -2.43. The molecule has 2 aromatic heterocycles. The van der Waals surface area contributed by atoms with Gasteiger partial charge in [0.1, 0.15) is 5.82 Å². The van der Waals surface area contributed by atoms with E-state index in [0.29, 0.717) is 19.0 Å². The van der Waals surface area contributed by atoms with E-state index in [0.717, 1.165) is 54.4 Å². The molecule has 5 rings (SSSR count). The Hall–Kier alpha value is -1.99. The first-order chi connectivity index (χ1) is 14.7. The average molecular weight is 427 g/mol. The van der Waals surface area contributed by atoms with Crippen LogP contribution in [0.4, 0.5) is 0 Å². The Kier molecular flexibility index (Phi) is 5.74. The van der Waals surface area contributed by atoms with Gasteiger partial charge < -0.3 is 9.88 Å². The van der Waals surface area contributed by atoms with Crippen molar-refractivity contribution >= 4 is 17.2 Å². The van der Waals surface area contributed by atoms with Crippen LogP contribution in [0.3, 0.4) is 0 Å². The maximum Gasteiger partial charge on any atom is 0.255 e. The van der Waals surface area contributed by atoms with Gasteiger partial charge in [-0.15, -0.1) is 11.3 Å². The molecular weight excluding hydrogens is 396 g/mol. The van der Waals surface area contributed by atoms with Gasteiger partial charge in [-0.1, -0.05) is 25.3 Å².